The number of benzene rings is 2. The van der Waals surface area contributed by atoms with E-state index in [2.05, 4.69) is 5.32 Å². The molecule has 2 N–H and O–H groups in total. The maximum absolute atomic E-state index is 13.0. The Bertz CT molecular complexity index is 929. The number of hydrogen-bond acceptors (Lipinski definition) is 3. The molecule has 150 valence electrons. The van der Waals surface area contributed by atoms with E-state index in [4.69, 9.17) is 0 Å². The number of carboxylic acids is 1. The van der Waals surface area contributed by atoms with Crippen LogP contribution in [0.25, 0.3) is 0 Å². The maximum atomic E-state index is 13.0. The first-order valence-electron chi connectivity index (χ1n) is 9.99. The second-order valence-electron chi connectivity index (χ2n) is 7.89. The fourth-order valence-corrected chi connectivity index (χ4v) is 3.98. The van der Waals surface area contributed by atoms with Crippen LogP contribution >= 0.6 is 0 Å². The van der Waals surface area contributed by atoms with Gasteiger partial charge in [-0.25, -0.2) is 0 Å². The summed E-state index contributed by atoms with van der Waals surface area (Å²) in [6, 6.07) is 16.2. The van der Waals surface area contributed by atoms with Gasteiger partial charge in [0.1, 0.15) is 0 Å². The molecule has 6 nitrogen and oxygen atoms in total. The lowest BCUT2D eigenvalue weighted by Crippen LogP contribution is -2.49. The number of aliphatic carboxylic acids is 1. The molecule has 0 atom stereocenters. The van der Waals surface area contributed by atoms with Crippen LogP contribution in [-0.2, 0) is 15.0 Å². The van der Waals surface area contributed by atoms with Crippen LogP contribution in [0.2, 0.25) is 0 Å². The first-order valence-corrected chi connectivity index (χ1v) is 9.99. The van der Waals surface area contributed by atoms with Gasteiger partial charge in [0, 0.05) is 30.3 Å². The van der Waals surface area contributed by atoms with E-state index < -0.39 is 11.4 Å². The zero-order chi connectivity index (χ0) is 20.4. The van der Waals surface area contributed by atoms with Crippen LogP contribution in [0.15, 0.2) is 54.6 Å². The standard InChI is InChI=1S/C23H24N2O4/c26-20(16-9-10-16)24-19-8-4-5-17(15-19)21(27)25-13-11-23(12-14-25,22(28)29)18-6-2-1-3-7-18/h1-8,15-16H,9-14H2,(H,24,26)(H,28,29). The lowest BCUT2D eigenvalue weighted by atomic mass is 9.73. The highest BCUT2D eigenvalue weighted by molar-refractivity contribution is 5.98. The predicted octanol–water partition coefficient (Wildman–Crippen LogP) is 3.29. The first kappa shape index (κ1) is 19.2. The van der Waals surface area contributed by atoms with Gasteiger partial charge in [0.2, 0.25) is 5.91 Å². The number of carbonyl (C=O) groups is 3. The van der Waals surface area contributed by atoms with Gasteiger partial charge >= 0.3 is 5.97 Å². The molecule has 2 fully saturated rings. The predicted molar refractivity (Wildman–Crippen MR) is 109 cm³/mol. The van der Waals surface area contributed by atoms with Gasteiger partial charge in [0.25, 0.3) is 5.91 Å². The highest BCUT2D eigenvalue weighted by Crippen LogP contribution is 2.36. The molecule has 1 saturated heterocycles. The Balaban J connectivity index is 1.46. The molecule has 1 saturated carbocycles. The number of likely N-dealkylation sites (tertiary alicyclic amines) is 1. The third-order valence-corrected chi connectivity index (χ3v) is 5.97. The van der Waals surface area contributed by atoms with Crippen molar-refractivity contribution in [2.75, 3.05) is 18.4 Å². The van der Waals surface area contributed by atoms with E-state index in [0.29, 0.717) is 37.2 Å². The van der Waals surface area contributed by atoms with Crippen LogP contribution in [-0.4, -0.2) is 40.9 Å². The van der Waals surface area contributed by atoms with Crippen LogP contribution in [0.5, 0.6) is 0 Å². The Morgan fingerprint density at radius 3 is 2.28 bits per heavy atom. The van der Waals surface area contributed by atoms with E-state index in [-0.39, 0.29) is 17.7 Å². The van der Waals surface area contributed by atoms with Crippen LogP contribution in [0.4, 0.5) is 5.69 Å². The topological polar surface area (TPSA) is 86.7 Å². The summed E-state index contributed by atoms with van der Waals surface area (Å²) >= 11 is 0. The molecule has 1 aliphatic heterocycles. The molecule has 1 aliphatic carbocycles. The van der Waals surface area contributed by atoms with E-state index in [1.54, 1.807) is 29.2 Å². The summed E-state index contributed by atoms with van der Waals surface area (Å²) in [5, 5.41) is 12.8. The molecular formula is C23H24N2O4. The lowest BCUT2D eigenvalue weighted by molar-refractivity contribution is -0.145. The molecule has 0 spiro atoms. The highest BCUT2D eigenvalue weighted by Gasteiger charge is 2.43. The number of anilines is 1. The Labute approximate surface area is 169 Å². The second-order valence-corrected chi connectivity index (χ2v) is 7.89. The highest BCUT2D eigenvalue weighted by atomic mass is 16.4. The third kappa shape index (κ3) is 3.88. The monoisotopic (exact) mass is 392 g/mol. The van der Waals surface area contributed by atoms with Gasteiger partial charge in [-0.05, 0) is 49.4 Å². The molecule has 2 aromatic carbocycles. The summed E-state index contributed by atoms with van der Waals surface area (Å²) in [4.78, 5) is 38.7. The number of hydrogen-bond donors (Lipinski definition) is 2. The largest absolute Gasteiger partial charge is 0.481 e. The Kier molecular flexibility index (Phi) is 5.09. The Morgan fingerprint density at radius 1 is 0.966 bits per heavy atom. The minimum atomic E-state index is -0.960. The first-order chi connectivity index (χ1) is 14.0. The summed E-state index contributed by atoms with van der Waals surface area (Å²) < 4.78 is 0. The summed E-state index contributed by atoms with van der Waals surface area (Å²) in [6.45, 7) is 0.747. The van der Waals surface area contributed by atoms with Gasteiger partial charge in [-0.2, -0.15) is 0 Å². The van der Waals surface area contributed by atoms with Crippen LogP contribution < -0.4 is 5.32 Å². The minimum Gasteiger partial charge on any atom is -0.481 e. The van der Waals surface area contributed by atoms with Crippen molar-refractivity contribution in [1.29, 1.82) is 0 Å². The van der Waals surface area contributed by atoms with Crippen molar-refractivity contribution < 1.29 is 19.5 Å². The van der Waals surface area contributed by atoms with E-state index in [0.717, 1.165) is 18.4 Å². The molecule has 4 rings (SSSR count). The van der Waals surface area contributed by atoms with Gasteiger partial charge in [0.15, 0.2) is 0 Å². The normalized spacial score (nSPS) is 18.1. The van der Waals surface area contributed by atoms with E-state index in [9.17, 15) is 19.5 Å². The quantitative estimate of drug-likeness (QED) is 0.817. The third-order valence-electron chi connectivity index (χ3n) is 5.97. The van der Waals surface area contributed by atoms with Crippen molar-refractivity contribution in [3.05, 3.63) is 65.7 Å². The molecule has 29 heavy (non-hydrogen) atoms. The average molecular weight is 392 g/mol. The molecule has 0 radical (unpaired) electrons. The fraction of sp³-hybridized carbons (Fsp3) is 0.348. The fourth-order valence-electron chi connectivity index (χ4n) is 3.98. The van der Waals surface area contributed by atoms with Crippen molar-refractivity contribution in [1.82, 2.24) is 4.90 Å². The molecule has 0 unspecified atom stereocenters. The number of nitrogens with one attached hydrogen (secondary N) is 1. The summed E-state index contributed by atoms with van der Waals surface area (Å²) in [5.74, 6) is -0.889. The number of piperidine rings is 1. The molecule has 1 heterocycles. The molecule has 2 amide bonds. The zero-order valence-electron chi connectivity index (χ0n) is 16.1. The van der Waals surface area contributed by atoms with Crippen LogP contribution in [0.3, 0.4) is 0 Å². The summed E-state index contributed by atoms with van der Waals surface area (Å²) in [7, 11) is 0. The maximum Gasteiger partial charge on any atom is 0.314 e. The van der Waals surface area contributed by atoms with Crippen molar-refractivity contribution in [2.45, 2.75) is 31.1 Å². The van der Waals surface area contributed by atoms with Crippen LogP contribution in [0, 0.1) is 5.92 Å². The molecule has 2 aliphatic rings. The van der Waals surface area contributed by atoms with Crippen LogP contribution in [0.1, 0.15) is 41.6 Å². The molecule has 0 aromatic heterocycles. The van der Waals surface area contributed by atoms with Gasteiger partial charge in [-0.15, -0.1) is 0 Å². The SMILES string of the molecule is O=C(Nc1cccc(C(=O)N2CCC(C(=O)O)(c3ccccc3)CC2)c1)C1CC1. The molecule has 2 aromatic rings. The number of amides is 2. The minimum absolute atomic E-state index is 0.00155. The molecule has 0 bridgehead atoms. The Hall–Kier alpha value is -3.15. The van der Waals surface area contributed by atoms with Gasteiger partial charge in [-0.1, -0.05) is 36.4 Å². The van der Waals surface area contributed by atoms with Crippen molar-refractivity contribution >= 4 is 23.5 Å². The van der Waals surface area contributed by atoms with Gasteiger partial charge in [-0.3, -0.25) is 14.4 Å². The number of carboxylic acid groups (broad SMARTS) is 1. The summed E-state index contributed by atoms with van der Waals surface area (Å²) in [6.07, 6.45) is 2.59. The zero-order valence-corrected chi connectivity index (χ0v) is 16.1. The van der Waals surface area contributed by atoms with E-state index in [1.165, 1.54) is 0 Å². The van der Waals surface area contributed by atoms with Gasteiger partial charge < -0.3 is 15.3 Å². The van der Waals surface area contributed by atoms with Crippen molar-refractivity contribution in [3.8, 4) is 0 Å². The lowest BCUT2D eigenvalue weighted by Gasteiger charge is -2.39. The number of rotatable bonds is 5. The van der Waals surface area contributed by atoms with Crippen molar-refractivity contribution in [3.63, 3.8) is 0 Å². The second kappa shape index (κ2) is 7.70. The van der Waals surface area contributed by atoms with Crippen molar-refractivity contribution in [2.24, 2.45) is 5.92 Å². The Morgan fingerprint density at radius 2 is 1.66 bits per heavy atom. The average Bonchev–Trinajstić information content (AvgIpc) is 3.59. The number of carbonyl (C=O) groups excluding carboxylic acids is 2. The summed E-state index contributed by atoms with van der Waals surface area (Å²) in [5.41, 5.74) is 0.942. The van der Waals surface area contributed by atoms with E-state index in [1.807, 2.05) is 30.3 Å². The van der Waals surface area contributed by atoms with E-state index >= 15 is 0 Å². The van der Waals surface area contributed by atoms with Gasteiger partial charge in [0.05, 0.1) is 5.41 Å². The molecule has 6 heteroatoms. The molecular weight excluding hydrogens is 368 g/mol. The smallest absolute Gasteiger partial charge is 0.314 e. The number of nitrogens with zero attached hydrogens (tertiary/aromatic N) is 1.